The predicted octanol–water partition coefficient (Wildman–Crippen LogP) is 2.35. The van der Waals surface area contributed by atoms with Gasteiger partial charge in [0.05, 0.1) is 0 Å². The van der Waals surface area contributed by atoms with E-state index >= 15 is 0 Å². The van der Waals surface area contributed by atoms with E-state index in [1.807, 2.05) is 11.9 Å². The minimum absolute atomic E-state index is 0.142. The number of amides is 2. The summed E-state index contributed by atoms with van der Waals surface area (Å²) in [6.07, 6.45) is 10.4. The van der Waals surface area contributed by atoms with Gasteiger partial charge in [-0.15, -0.1) is 0 Å². The Labute approximate surface area is 128 Å². The van der Waals surface area contributed by atoms with Crippen LogP contribution in [-0.2, 0) is 0 Å². The van der Waals surface area contributed by atoms with Crippen LogP contribution >= 0.6 is 0 Å². The third-order valence-corrected chi connectivity index (χ3v) is 6.41. The summed E-state index contributed by atoms with van der Waals surface area (Å²) >= 11 is 0. The highest BCUT2D eigenvalue weighted by molar-refractivity contribution is 5.75. The van der Waals surface area contributed by atoms with Crippen molar-refractivity contribution in [2.24, 2.45) is 17.8 Å². The van der Waals surface area contributed by atoms with Crippen molar-refractivity contribution in [3.63, 3.8) is 0 Å². The molecular weight excluding hydrogens is 262 g/mol. The van der Waals surface area contributed by atoms with Crippen LogP contribution in [0, 0.1) is 17.8 Å². The Kier molecular flexibility index (Phi) is 3.40. The van der Waals surface area contributed by atoms with Gasteiger partial charge < -0.3 is 15.5 Å². The third-order valence-electron chi connectivity index (χ3n) is 6.41. The summed E-state index contributed by atoms with van der Waals surface area (Å²) in [5.74, 6) is 2.66. The molecule has 0 aromatic rings. The Bertz CT molecular complexity index is 381. The van der Waals surface area contributed by atoms with Gasteiger partial charge in [0.25, 0.3) is 0 Å². The van der Waals surface area contributed by atoms with Crippen molar-refractivity contribution in [3.8, 4) is 0 Å². The molecule has 0 aromatic heterocycles. The Morgan fingerprint density at radius 2 is 1.81 bits per heavy atom. The lowest BCUT2D eigenvalue weighted by Gasteiger charge is -2.57. The lowest BCUT2D eigenvalue weighted by atomic mass is 9.53. The smallest absolute Gasteiger partial charge is 0.317 e. The number of carbonyl (C=O) groups is 1. The zero-order valence-electron chi connectivity index (χ0n) is 13.2. The highest BCUT2D eigenvalue weighted by Gasteiger charge is 2.51. The van der Waals surface area contributed by atoms with E-state index in [9.17, 15) is 4.79 Å². The molecule has 4 saturated carbocycles. The van der Waals surface area contributed by atoms with Crippen molar-refractivity contribution >= 4 is 6.03 Å². The largest absolute Gasteiger partial charge is 0.333 e. The fourth-order valence-electron chi connectivity index (χ4n) is 5.91. The van der Waals surface area contributed by atoms with E-state index in [0.717, 1.165) is 30.8 Å². The molecular formula is C17H29N3O. The first-order valence-electron chi connectivity index (χ1n) is 8.88. The molecule has 1 unspecified atom stereocenters. The predicted molar refractivity (Wildman–Crippen MR) is 83.1 cm³/mol. The third kappa shape index (κ3) is 2.67. The molecule has 0 radical (unpaired) electrons. The first kappa shape index (κ1) is 13.9. The van der Waals surface area contributed by atoms with Crippen LogP contribution in [0.3, 0.4) is 0 Å². The van der Waals surface area contributed by atoms with Crippen LogP contribution in [0.2, 0.25) is 0 Å². The monoisotopic (exact) mass is 291 g/mol. The molecule has 21 heavy (non-hydrogen) atoms. The van der Waals surface area contributed by atoms with Gasteiger partial charge in [-0.2, -0.15) is 0 Å². The minimum atomic E-state index is 0.142. The van der Waals surface area contributed by atoms with Crippen molar-refractivity contribution in [2.45, 2.75) is 62.9 Å². The van der Waals surface area contributed by atoms with E-state index < -0.39 is 0 Å². The summed E-state index contributed by atoms with van der Waals surface area (Å²) in [5.41, 5.74) is 0.142. The molecule has 4 nitrogen and oxygen atoms in total. The molecule has 0 spiro atoms. The molecule has 1 heterocycles. The van der Waals surface area contributed by atoms with E-state index in [1.165, 1.54) is 51.4 Å². The maximum atomic E-state index is 12.6. The van der Waals surface area contributed by atoms with E-state index in [-0.39, 0.29) is 11.6 Å². The number of hydrogen-bond donors (Lipinski definition) is 2. The fourth-order valence-corrected chi connectivity index (χ4v) is 5.91. The van der Waals surface area contributed by atoms with Crippen LogP contribution < -0.4 is 10.6 Å². The van der Waals surface area contributed by atoms with Crippen molar-refractivity contribution in [2.75, 3.05) is 20.1 Å². The quantitative estimate of drug-likeness (QED) is 0.838. The molecule has 1 saturated heterocycles. The van der Waals surface area contributed by atoms with E-state index in [4.69, 9.17) is 0 Å². The summed E-state index contributed by atoms with van der Waals surface area (Å²) in [7, 11) is 1.95. The number of carbonyl (C=O) groups excluding carboxylic acids is 1. The zero-order valence-corrected chi connectivity index (χ0v) is 13.2. The zero-order chi connectivity index (χ0) is 14.4. The maximum Gasteiger partial charge on any atom is 0.317 e. The van der Waals surface area contributed by atoms with Crippen molar-refractivity contribution in [1.29, 1.82) is 0 Å². The summed E-state index contributed by atoms with van der Waals surface area (Å²) in [6, 6.07) is 0.655. The van der Waals surface area contributed by atoms with Crippen LogP contribution in [0.4, 0.5) is 4.79 Å². The van der Waals surface area contributed by atoms with Gasteiger partial charge in [-0.1, -0.05) is 0 Å². The van der Waals surface area contributed by atoms with Gasteiger partial charge in [0.1, 0.15) is 0 Å². The number of likely N-dealkylation sites (N-methyl/N-ethyl adjacent to an activating group) is 1. The minimum Gasteiger partial charge on any atom is -0.333 e. The average Bonchev–Trinajstić information content (AvgIpc) is 2.89. The van der Waals surface area contributed by atoms with Crippen LogP contribution in [-0.4, -0.2) is 42.6 Å². The molecule has 0 aromatic carbocycles. The van der Waals surface area contributed by atoms with Crippen LogP contribution in [0.25, 0.3) is 0 Å². The van der Waals surface area contributed by atoms with Crippen LogP contribution in [0.15, 0.2) is 0 Å². The van der Waals surface area contributed by atoms with Gasteiger partial charge in [-0.3, -0.25) is 0 Å². The Balaban J connectivity index is 1.37. The lowest BCUT2D eigenvalue weighted by Crippen LogP contribution is -2.62. The van der Waals surface area contributed by atoms with Gasteiger partial charge in [-0.05, 0) is 75.7 Å². The Morgan fingerprint density at radius 1 is 1.19 bits per heavy atom. The second-order valence-electron chi connectivity index (χ2n) is 8.30. The van der Waals surface area contributed by atoms with Gasteiger partial charge in [-0.25, -0.2) is 4.79 Å². The molecule has 5 fully saturated rings. The summed E-state index contributed by atoms with van der Waals surface area (Å²) in [5, 5.41) is 6.94. The first-order chi connectivity index (χ1) is 10.1. The molecule has 4 bridgehead atoms. The number of nitrogens with one attached hydrogen (secondary N) is 2. The second-order valence-corrected chi connectivity index (χ2v) is 8.30. The average molecular weight is 291 g/mol. The van der Waals surface area contributed by atoms with Gasteiger partial charge in [0.2, 0.25) is 0 Å². The number of hydrogen-bond acceptors (Lipinski definition) is 2. The van der Waals surface area contributed by atoms with Gasteiger partial charge in [0, 0.05) is 25.2 Å². The molecule has 4 aliphatic carbocycles. The first-order valence-corrected chi connectivity index (χ1v) is 8.88. The highest BCUT2D eigenvalue weighted by atomic mass is 16.2. The van der Waals surface area contributed by atoms with Crippen LogP contribution in [0.1, 0.15) is 51.4 Å². The number of urea groups is 1. The summed E-state index contributed by atoms with van der Waals surface area (Å²) in [4.78, 5) is 14.5. The Morgan fingerprint density at radius 3 is 2.33 bits per heavy atom. The molecule has 5 rings (SSSR count). The van der Waals surface area contributed by atoms with E-state index in [2.05, 4.69) is 10.6 Å². The molecule has 1 aliphatic heterocycles. The molecule has 4 heteroatoms. The lowest BCUT2D eigenvalue weighted by molar-refractivity contribution is -0.0153. The molecule has 5 aliphatic rings. The van der Waals surface area contributed by atoms with Gasteiger partial charge in [0.15, 0.2) is 0 Å². The Hall–Kier alpha value is -0.770. The van der Waals surface area contributed by atoms with Crippen molar-refractivity contribution in [3.05, 3.63) is 0 Å². The SMILES string of the molecule is CN(CC1CCCN1)C(=O)NC12CC3CC(CC(C3)C1)C2. The highest BCUT2D eigenvalue weighted by Crippen LogP contribution is 2.55. The van der Waals surface area contributed by atoms with Gasteiger partial charge >= 0.3 is 6.03 Å². The normalized spacial score (nSPS) is 44.0. The standard InChI is InChI=1S/C17H29N3O/c1-20(11-15-3-2-4-18-15)16(21)19-17-8-12-5-13(9-17)7-14(6-12)10-17/h12-15,18H,2-11H2,1H3,(H,19,21). The van der Waals surface area contributed by atoms with Crippen molar-refractivity contribution in [1.82, 2.24) is 15.5 Å². The van der Waals surface area contributed by atoms with Crippen molar-refractivity contribution < 1.29 is 4.79 Å². The molecule has 2 N–H and O–H groups in total. The van der Waals surface area contributed by atoms with E-state index in [0.29, 0.717) is 6.04 Å². The fraction of sp³-hybridized carbons (Fsp3) is 0.941. The second kappa shape index (κ2) is 5.15. The molecule has 118 valence electrons. The molecule has 1 atom stereocenters. The number of nitrogens with zero attached hydrogens (tertiary/aromatic N) is 1. The maximum absolute atomic E-state index is 12.6. The topological polar surface area (TPSA) is 44.4 Å². The number of rotatable bonds is 3. The summed E-state index contributed by atoms with van der Waals surface area (Å²) < 4.78 is 0. The van der Waals surface area contributed by atoms with E-state index in [1.54, 1.807) is 0 Å². The van der Waals surface area contributed by atoms with Crippen LogP contribution in [0.5, 0.6) is 0 Å². The summed E-state index contributed by atoms with van der Waals surface area (Å²) in [6.45, 7) is 1.95. The molecule has 2 amide bonds.